The van der Waals surface area contributed by atoms with E-state index in [2.05, 4.69) is 31.5 Å². The molecule has 0 radical (unpaired) electrons. The average molecular weight is 343 g/mol. The van der Waals surface area contributed by atoms with Crippen LogP contribution in [0.3, 0.4) is 0 Å². The molecule has 6 nitrogen and oxygen atoms in total. The zero-order valence-electron chi connectivity index (χ0n) is 10.6. The number of hydrogen-bond acceptors (Lipinski definition) is 4. The molecule has 0 amide bonds. The van der Waals surface area contributed by atoms with Crippen LogP contribution in [-0.4, -0.2) is 31.3 Å². The van der Waals surface area contributed by atoms with Gasteiger partial charge in [-0.1, -0.05) is 22.9 Å². The van der Waals surface area contributed by atoms with E-state index in [1.54, 1.807) is 6.07 Å². The molecular formula is C12H12BrFN4O2. The van der Waals surface area contributed by atoms with Crippen LogP contribution in [0.1, 0.15) is 25.8 Å². The number of benzene rings is 1. The Balaban J connectivity index is 2.43. The smallest absolute Gasteiger partial charge is 0.305 e. The van der Waals surface area contributed by atoms with Crippen molar-refractivity contribution in [3.8, 4) is 11.4 Å². The number of carbonyl (C=O) groups is 1. The Morgan fingerprint density at radius 3 is 2.85 bits per heavy atom. The molecule has 106 valence electrons. The number of halogens is 2. The van der Waals surface area contributed by atoms with Crippen LogP contribution in [-0.2, 0) is 4.79 Å². The maximum Gasteiger partial charge on any atom is 0.305 e. The molecule has 0 saturated carbocycles. The molecule has 0 aliphatic carbocycles. The summed E-state index contributed by atoms with van der Waals surface area (Å²) >= 11 is 3.21. The van der Waals surface area contributed by atoms with Crippen LogP contribution < -0.4 is 0 Å². The minimum absolute atomic E-state index is 0.0922. The van der Waals surface area contributed by atoms with Crippen LogP contribution in [0, 0.1) is 5.82 Å². The molecule has 1 N–H and O–H groups in total. The highest BCUT2D eigenvalue weighted by atomic mass is 79.9. The Morgan fingerprint density at radius 1 is 1.50 bits per heavy atom. The van der Waals surface area contributed by atoms with Crippen molar-refractivity contribution in [1.29, 1.82) is 0 Å². The minimum atomic E-state index is -0.932. The summed E-state index contributed by atoms with van der Waals surface area (Å²) in [7, 11) is 0. The number of aromatic nitrogens is 4. The topological polar surface area (TPSA) is 80.9 Å². The van der Waals surface area contributed by atoms with Gasteiger partial charge >= 0.3 is 5.97 Å². The van der Waals surface area contributed by atoms with Crippen LogP contribution in [0.2, 0.25) is 0 Å². The number of aliphatic carboxylic acids is 1. The first-order valence-electron chi connectivity index (χ1n) is 5.97. The fraction of sp³-hybridized carbons (Fsp3) is 0.333. The molecule has 0 bridgehead atoms. The quantitative estimate of drug-likeness (QED) is 0.903. The largest absolute Gasteiger partial charge is 0.481 e. The highest BCUT2D eigenvalue weighted by Gasteiger charge is 2.20. The molecule has 8 heteroatoms. The van der Waals surface area contributed by atoms with Gasteiger partial charge in [0.05, 0.1) is 12.5 Å². The highest BCUT2D eigenvalue weighted by Crippen LogP contribution is 2.26. The molecular weight excluding hydrogens is 331 g/mol. The fourth-order valence-electron chi connectivity index (χ4n) is 1.92. The molecule has 20 heavy (non-hydrogen) atoms. The second-order valence-electron chi connectivity index (χ2n) is 4.27. The second kappa shape index (κ2) is 6.08. The van der Waals surface area contributed by atoms with Gasteiger partial charge in [-0.25, -0.2) is 9.07 Å². The molecule has 2 aromatic rings. The third-order valence-corrected chi connectivity index (χ3v) is 3.30. The first-order chi connectivity index (χ1) is 9.51. The predicted molar refractivity (Wildman–Crippen MR) is 72.5 cm³/mol. The van der Waals surface area contributed by atoms with E-state index in [9.17, 15) is 9.18 Å². The van der Waals surface area contributed by atoms with E-state index in [1.165, 1.54) is 16.8 Å². The molecule has 0 saturated heterocycles. The third-order valence-electron chi connectivity index (χ3n) is 2.84. The number of carboxylic acids is 1. The number of carboxylic acid groups (broad SMARTS) is 1. The van der Waals surface area contributed by atoms with Crippen LogP contribution in [0.4, 0.5) is 4.39 Å². The first-order valence-corrected chi connectivity index (χ1v) is 6.76. The van der Waals surface area contributed by atoms with Gasteiger partial charge in [-0.3, -0.25) is 4.79 Å². The van der Waals surface area contributed by atoms with Crippen LogP contribution in [0.25, 0.3) is 11.4 Å². The van der Waals surface area contributed by atoms with Gasteiger partial charge in [-0.15, -0.1) is 5.10 Å². The van der Waals surface area contributed by atoms with Crippen LogP contribution in [0.15, 0.2) is 22.7 Å². The lowest BCUT2D eigenvalue weighted by Gasteiger charge is -2.14. The lowest BCUT2D eigenvalue weighted by molar-refractivity contribution is -0.138. The fourth-order valence-corrected chi connectivity index (χ4v) is 2.38. The van der Waals surface area contributed by atoms with Gasteiger partial charge in [0.15, 0.2) is 5.82 Å². The van der Waals surface area contributed by atoms with E-state index in [0.717, 1.165) is 0 Å². The van der Waals surface area contributed by atoms with Gasteiger partial charge in [0.1, 0.15) is 5.82 Å². The zero-order valence-corrected chi connectivity index (χ0v) is 12.2. The molecule has 1 heterocycles. The summed E-state index contributed by atoms with van der Waals surface area (Å²) in [6.45, 7) is 1.85. The number of hydrogen-bond donors (Lipinski definition) is 1. The second-order valence-corrected chi connectivity index (χ2v) is 5.18. The maximum atomic E-state index is 13.4. The molecule has 1 aromatic carbocycles. The van der Waals surface area contributed by atoms with Gasteiger partial charge in [-0.2, -0.15) is 0 Å². The summed E-state index contributed by atoms with van der Waals surface area (Å²) in [6, 6.07) is 3.94. The molecule has 0 fully saturated rings. The Bertz CT molecular complexity index is 611. The Hall–Kier alpha value is -1.83. The van der Waals surface area contributed by atoms with Crippen molar-refractivity contribution in [1.82, 2.24) is 20.2 Å². The lowest BCUT2D eigenvalue weighted by Crippen LogP contribution is -2.15. The van der Waals surface area contributed by atoms with Crippen molar-refractivity contribution in [3.63, 3.8) is 0 Å². The van der Waals surface area contributed by atoms with E-state index in [1.807, 2.05) is 6.92 Å². The SMILES string of the molecule is CCC(CC(=O)O)n1nnnc1-c1cc(F)cc(Br)c1. The van der Waals surface area contributed by atoms with Crippen molar-refractivity contribution in [2.75, 3.05) is 0 Å². The monoisotopic (exact) mass is 342 g/mol. The first kappa shape index (κ1) is 14.6. The minimum Gasteiger partial charge on any atom is -0.481 e. The summed E-state index contributed by atoms with van der Waals surface area (Å²) in [5.41, 5.74) is 0.491. The number of rotatable bonds is 5. The summed E-state index contributed by atoms with van der Waals surface area (Å²) in [4.78, 5) is 10.9. The molecule has 2 rings (SSSR count). The van der Waals surface area contributed by atoms with Crippen LogP contribution >= 0.6 is 15.9 Å². The molecule has 1 atom stereocenters. The van der Waals surface area contributed by atoms with E-state index in [4.69, 9.17) is 5.11 Å². The predicted octanol–water partition coefficient (Wildman–Crippen LogP) is 2.67. The number of nitrogens with zero attached hydrogens (tertiary/aromatic N) is 4. The molecule has 0 spiro atoms. The zero-order chi connectivity index (χ0) is 14.7. The summed E-state index contributed by atoms with van der Waals surface area (Å²) < 4.78 is 15.4. The van der Waals surface area contributed by atoms with Crippen molar-refractivity contribution in [2.45, 2.75) is 25.8 Å². The van der Waals surface area contributed by atoms with E-state index >= 15 is 0 Å². The molecule has 1 aromatic heterocycles. The van der Waals surface area contributed by atoms with Gasteiger partial charge in [0.2, 0.25) is 0 Å². The third kappa shape index (κ3) is 3.19. The van der Waals surface area contributed by atoms with Crippen molar-refractivity contribution >= 4 is 21.9 Å². The highest BCUT2D eigenvalue weighted by molar-refractivity contribution is 9.10. The van der Waals surface area contributed by atoms with Gasteiger partial charge < -0.3 is 5.11 Å². The average Bonchev–Trinajstić information content (AvgIpc) is 2.83. The normalized spacial score (nSPS) is 12.3. The molecule has 0 aliphatic heterocycles. The number of tetrazole rings is 1. The standard InChI is InChI=1S/C12H12BrFN4O2/c1-2-10(6-11(19)20)18-12(15-16-17-18)7-3-8(13)5-9(14)4-7/h3-5,10H,2,6H2,1H3,(H,19,20). The Labute approximate surface area is 122 Å². The molecule has 0 aliphatic rings. The van der Waals surface area contributed by atoms with E-state index in [-0.39, 0.29) is 12.5 Å². The van der Waals surface area contributed by atoms with E-state index < -0.39 is 11.8 Å². The maximum absolute atomic E-state index is 13.4. The summed E-state index contributed by atoms with van der Waals surface area (Å²) in [5, 5.41) is 20.2. The Morgan fingerprint density at radius 2 is 2.25 bits per heavy atom. The summed E-state index contributed by atoms with van der Waals surface area (Å²) in [5.74, 6) is -1.01. The van der Waals surface area contributed by atoms with Crippen molar-refractivity contribution < 1.29 is 14.3 Å². The van der Waals surface area contributed by atoms with E-state index in [0.29, 0.717) is 22.3 Å². The Kier molecular flexibility index (Phi) is 4.43. The van der Waals surface area contributed by atoms with Gasteiger partial charge in [-0.05, 0) is 35.0 Å². The van der Waals surface area contributed by atoms with Crippen molar-refractivity contribution in [2.24, 2.45) is 0 Å². The molecule has 1 unspecified atom stereocenters. The van der Waals surface area contributed by atoms with Crippen LogP contribution in [0.5, 0.6) is 0 Å². The van der Waals surface area contributed by atoms with Gasteiger partial charge in [0, 0.05) is 10.0 Å². The van der Waals surface area contributed by atoms with Crippen molar-refractivity contribution in [3.05, 3.63) is 28.5 Å². The van der Waals surface area contributed by atoms with Gasteiger partial charge in [0.25, 0.3) is 0 Å². The lowest BCUT2D eigenvalue weighted by atomic mass is 10.1. The summed E-state index contributed by atoms with van der Waals surface area (Å²) in [6.07, 6.45) is 0.464.